The maximum Gasteiger partial charge on any atom is 0.253 e. The number of nitrogens with one attached hydrogen (secondary N) is 1. The first-order chi connectivity index (χ1) is 12.7. The topological polar surface area (TPSA) is 91.2 Å². The number of carbonyl (C=O) groups excluding carboxylic acids is 1. The van der Waals surface area contributed by atoms with Crippen LogP contribution in [-0.4, -0.2) is 46.4 Å². The van der Waals surface area contributed by atoms with Gasteiger partial charge in [0.1, 0.15) is 12.9 Å². The van der Waals surface area contributed by atoms with Crippen LogP contribution < -0.4 is 14.8 Å². The Morgan fingerprint density at radius 3 is 2.77 bits per heavy atom. The molecule has 134 valence electrons. The van der Waals surface area contributed by atoms with Crippen LogP contribution in [0.1, 0.15) is 10.4 Å². The van der Waals surface area contributed by atoms with E-state index < -0.39 is 0 Å². The molecule has 1 N–H and O–H groups in total. The van der Waals surface area contributed by atoms with Crippen molar-refractivity contribution in [1.29, 1.82) is 0 Å². The van der Waals surface area contributed by atoms with Crippen LogP contribution in [0.2, 0.25) is 5.02 Å². The molecule has 0 fully saturated rings. The van der Waals surface area contributed by atoms with Crippen molar-refractivity contribution >= 4 is 17.5 Å². The molecule has 3 rings (SSSR count). The number of tetrazole rings is 1. The molecular weight excluding hydrogens is 358 g/mol. The molecule has 0 saturated carbocycles. The number of halogens is 1. The Hall–Kier alpha value is -3.13. The summed E-state index contributed by atoms with van der Waals surface area (Å²) in [5.74, 6) is 0.971. The molecule has 0 saturated heterocycles. The highest BCUT2D eigenvalue weighted by Crippen LogP contribution is 2.25. The molecule has 0 radical (unpaired) electrons. The van der Waals surface area contributed by atoms with Gasteiger partial charge in [0.25, 0.3) is 5.91 Å². The molecule has 0 atom stereocenters. The first-order valence-corrected chi connectivity index (χ1v) is 8.14. The summed E-state index contributed by atoms with van der Waals surface area (Å²) in [5, 5.41) is 14.2. The van der Waals surface area contributed by atoms with Gasteiger partial charge >= 0.3 is 0 Å². The van der Waals surface area contributed by atoms with Crippen molar-refractivity contribution in [3.05, 3.63) is 59.4 Å². The van der Waals surface area contributed by atoms with Crippen molar-refractivity contribution in [3.8, 4) is 17.2 Å². The van der Waals surface area contributed by atoms with E-state index in [1.165, 1.54) is 11.0 Å². The third-order valence-corrected chi connectivity index (χ3v) is 3.75. The maximum atomic E-state index is 12.5. The van der Waals surface area contributed by atoms with Crippen LogP contribution >= 0.6 is 11.6 Å². The van der Waals surface area contributed by atoms with Gasteiger partial charge in [-0.05, 0) is 40.8 Å². The first kappa shape index (κ1) is 17.7. The molecule has 0 aliphatic rings. The van der Waals surface area contributed by atoms with Crippen LogP contribution in [0.3, 0.4) is 0 Å². The number of amides is 1. The summed E-state index contributed by atoms with van der Waals surface area (Å²) >= 11 is 6.02. The molecule has 3 aromatic rings. The van der Waals surface area contributed by atoms with Crippen molar-refractivity contribution in [2.75, 3.05) is 20.3 Å². The second-order valence-corrected chi connectivity index (χ2v) is 5.61. The molecule has 8 nitrogen and oxygen atoms in total. The minimum Gasteiger partial charge on any atom is -0.493 e. The average molecular weight is 374 g/mol. The van der Waals surface area contributed by atoms with E-state index in [1.807, 2.05) is 12.1 Å². The first-order valence-electron chi connectivity index (χ1n) is 7.76. The predicted octanol–water partition coefficient (Wildman–Crippen LogP) is 2.13. The molecule has 0 bridgehead atoms. The lowest BCUT2D eigenvalue weighted by Gasteiger charge is -2.12. The minimum absolute atomic E-state index is 0.282. The number of benzene rings is 2. The number of para-hydroxylation sites is 2. The summed E-state index contributed by atoms with van der Waals surface area (Å²) in [7, 11) is 1.57. The van der Waals surface area contributed by atoms with Crippen LogP contribution in [-0.2, 0) is 0 Å². The Kier molecular flexibility index (Phi) is 5.65. The molecular formula is C17H16ClN5O3. The fourth-order valence-corrected chi connectivity index (χ4v) is 2.48. The van der Waals surface area contributed by atoms with E-state index in [1.54, 1.807) is 37.4 Å². The molecule has 26 heavy (non-hydrogen) atoms. The van der Waals surface area contributed by atoms with Crippen LogP contribution in [0.25, 0.3) is 5.69 Å². The zero-order valence-corrected chi connectivity index (χ0v) is 14.7. The monoisotopic (exact) mass is 373 g/mol. The van der Waals surface area contributed by atoms with E-state index in [2.05, 4.69) is 20.8 Å². The molecule has 1 amide bonds. The van der Waals surface area contributed by atoms with Gasteiger partial charge in [-0.25, -0.2) is 0 Å². The van der Waals surface area contributed by atoms with Crippen molar-refractivity contribution in [2.45, 2.75) is 0 Å². The zero-order valence-electron chi connectivity index (χ0n) is 13.9. The summed E-state index contributed by atoms with van der Waals surface area (Å²) in [6.45, 7) is 0.606. The minimum atomic E-state index is -0.282. The molecule has 1 aromatic heterocycles. The highest BCUT2D eigenvalue weighted by atomic mass is 35.5. The van der Waals surface area contributed by atoms with Crippen molar-refractivity contribution in [2.24, 2.45) is 0 Å². The van der Waals surface area contributed by atoms with Crippen molar-refractivity contribution < 1.29 is 14.3 Å². The van der Waals surface area contributed by atoms with Crippen LogP contribution in [0.5, 0.6) is 11.5 Å². The third-order valence-electron chi connectivity index (χ3n) is 3.51. The number of methoxy groups -OCH3 is 1. The summed E-state index contributed by atoms with van der Waals surface area (Å²) in [6.07, 6.45) is 1.40. The second kappa shape index (κ2) is 8.30. The van der Waals surface area contributed by atoms with E-state index in [-0.39, 0.29) is 5.91 Å². The Morgan fingerprint density at radius 2 is 2.04 bits per heavy atom. The van der Waals surface area contributed by atoms with Gasteiger partial charge < -0.3 is 14.8 Å². The van der Waals surface area contributed by atoms with Gasteiger partial charge in [0, 0.05) is 5.02 Å². The summed E-state index contributed by atoms with van der Waals surface area (Å²) in [6, 6.07) is 12.2. The number of nitrogens with zero attached hydrogens (tertiary/aromatic N) is 4. The molecule has 9 heteroatoms. The fraction of sp³-hybridized carbons (Fsp3) is 0.176. The number of ether oxygens (including phenoxy) is 2. The van der Waals surface area contributed by atoms with Gasteiger partial charge in [0.2, 0.25) is 0 Å². The summed E-state index contributed by atoms with van der Waals surface area (Å²) in [5.41, 5.74) is 0.893. The van der Waals surface area contributed by atoms with Crippen molar-refractivity contribution in [3.63, 3.8) is 0 Å². The second-order valence-electron chi connectivity index (χ2n) is 5.17. The standard InChI is InChI=1S/C17H16ClN5O3/c1-25-15-4-2-3-5-16(15)26-9-8-19-17(24)13-7-6-12(18)10-14(13)23-11-20-21-22-23/h2-7,10-11H,8-9H2,1H3,(H,19,24). The van der Waals surface area contributed by atoms with Crippen LogP contribution in [0.4, 0.5) is 0 Å². The summed E-state index contributed by atoms with van der Waals surface area (Å²) < 4.78 is 12.2. The molecule has 0 aliphatic heterocycles. The maximum absolute atomic E-state index is 12.5. The van der Waals surface area contributed by atoms with Gasteiger partial charge in [0.05, 0.1) is 24.9 Å². The normalized spacial score (nSPS) is 10.4. The van der Waals surface area contributed by atoms with Crippen molar-refractivity contribution in [1.82, 2.24) is 25.5 Å². The van der Waals surface area contributed by atoms with E-state index >= 15 is 0 Å². The third kappa shape index (κ3) is 4.09. The van der Waals surface area contributed by atoms with Gasteiger partial charge in [-0.3, -0.25) is 4.79 Å². The zero-order chi connectivity index (χ0) is 18.4. The lowest BCUT2D eigenvalue weighted by atomic mass is 10.1. The van der Waals surface area contributed by atoms with E-state index in [0.29, 0.717) is 40.9 Å². The lowest BCUT2D eigenvalue weighted by Crippen LogP contribution is -2.29. The Labute approximate surface area is 154 Å². The highest BCUT2D eigenvalue weighted by molar-refractivity contribution is 6.31. The fourth-order valence-electron chi connectivity index (χ4n) is 2.32. The number of carbonyl (C=O) groups is 1. The molecule has 0 unspecified atom stereocenters. The van der Waals surface area contributed by atoms with E-state index in [0.717, 1.165) is 0 Å². The van der Waals surface area contributed by atoms with Gasteiger partial charge in [0.15, 0.2) is 11.5 Å². The number of rotatable bonds is 7. The molecule has 0 aliphatic carbocycles. The number of aromatic nitrogens is 4. The van der Waals surface area contributed by atoms with Gasteiger partial charge in [-0.2, -0.15) is 4.68 Å². The van der Waals surface area contributed by atoms with Crippen LogP contribution in [0, 0.1) is 0 Å². The number of hydrogen-bond donors (Lipinski definition) is 1. The van der Waals surface area contributed by atoms with E-state index in [4.69, 9.17) is 21.1 Å². The quantitative estimate of drug-likeness (QED) is 0.638. The smallest absolute Gasteiger partial charge is 0.253 e. The molecule has 1 heterocycles. The summed E-state index contributed by atoms with van der Waals surface area (Å²) in [4.78, 5) is 12.5. The molecule has 2 aromatic carbocycles. The van der Waals surface area contributed by atoms with Crippen LogP contribution in [0.15, 0.2) is 48.8 Å². The number of hydrogen-bond acceptors (Lipinski definition) is 6. The van der Waals surface area contributed by atoms with Gasteiger partial charge in [-0.1, -0.05) is 23.7 Å². The molecule has 0 spiro atoms. The van der Waals surface area contributed by atoms with Gasteiger partial charge in [-0.15, -0.1) is 5.10 Å². The predicted molar refractivity (Wildman–Crippen MR) is 95.0 cm³/mol. The lowest BCUT2D eigenvalue weighted by molar-refractivity contribution is 0.0946. The largest absolute Gasteiger partial charge is 0.493 e. The Morgan fingerprint density at radius 1 is 1.23 bits per heavy atom. The Bertz CT molecular complexity index is 886. The Balaban J connectivity index is 1.62. The average Bonchev–Trinajstić information content (AvgIpc) is 3.20. The highest BCUT2D eigenvalue weighted by Gasteiger charge is 2.14. The SMILES string of the molecule is COc1ccccc1OCCNC(=O)c1ccc(Cl)cc1-n1cnnn1. The van der Waals surface area contributed by atoms with E-state index in [9.17, 15) is 4.79 Å².